The van der Waals surface area contributed by atoms with Crippen molar-refractivity contribution in [1.82, 2.24) is 0 Å². The van der Waals surface area contributed by atoms with E-state index in [1.807, 2.05) is 0 Å². The van der Waals surface area contributed by atoms with Crippen molar-refractivity contribution in [3.63, 3.8) is 0 Å². The summed E-state index contributed by atoms with van der Waals surface area (Å²) in [6.07, 6.45) is 2.00. The number of hydrogen-bond acceptors (Lipinski definition) is 1. The number of hydrogen-bond donors (Lipinski definition) is 1. The van der Waals surface area contributed by atoms with Gasteiger partial charge in [0.05, 0.1) is 0 Å². The average Bonchev–Trinajstić information content (AvgIpc) is 1.98. The maximum absolute atomic E-state index is 8.90. The molecule has 0 aromatic heterocycles. The van der Waals surface area contributed by atoms with Crippen molar-refractivity contribution >= 4 is 0 Å². The first kappa shape index (κ1) is 14.0. The van der Waals surface area contributed by atoms with Gasteiger partial charge in [-0.3, -0.25) is 0 Å². The molecule has 0 atom stereocenters. The first-order valence-corrected chi connectivity index (χ1v) is 5.67. The summed E-state index contributed by atoms with van der Waals surface area (Å²) in [4.78, 5) is 0. The van der Waals surface area contributed by atoms with Gasteiger partial charge in [-0.1, -0.05) is 48.5 Å². The van der Waals surface area contributed by atoms with E-state index in [2.05, 4.69) is 48.5 Å². The topological polar surface area (TPSA) is 20.2 Å². The van der Waals surface area contributed by atoms with Gasteiger partial charge in [-0.15, -0.1) is 0 Å². The molecule has 0 saturated heterocycles. The molecule has 1 N–H and O–H groups in total. The Morgan fingerprint density at radius 3 is 1.57 bits per heavy atom. The molecule has 0 amide bonds. The molecular formula is C13H28O. The molecule has 0 unspecified atom stereocenters. The predicted octanol–water partition coefficient (Wildman–Crippen LogP) is 3.86. The van der Waals surface area contributed by atoms with Gasteiger partial charge in [0.2, 0.25) is 0 Å². The van der Waals surface area contributed by atoms with E-state index in [-0.39, 0.29) is 10.8 Å². The van der Waals surface area contributed by atoms with Gasteiger partial charge >= 0.3 is 0 Å². The van der Waals surface area contributed by atoms with Gasteiger partial charge in [0, 0.05) is 6.61 Å². The van der Waals surface area contributed by atoms with Crippen LogP contribution in [0.15, 0.2) is 0 Å². The zero-order valence-corrected chi connectivity index (χ0v) is 11.1. The Hall–Kier alpha value is -0.0400. The lowest BCUT2D eigenvalue weighted by Gasteiger charge is -2.51. The number of aliphatic hydroxyl groups excluding tert-OH is 1. The molecule has 0 heterocycles. The molecule has 0 aromatic rings. The Kier molecular flexibility index (Phi) is 4.21. The monoisotopic (exact) mass is 200 g/mol. The summed E-state index contributed by atoms with van der Waals surface area (Å²) in [7, 11) is 0. The van der Waals surface area contributed by atoms with Gasteiger partial charge in [-0.25, -0.2) is 0 Å². The molecule has 1 nitrogen and oxygen atoms in total. The van der Waals surface area contributed by atoms with Crippen LogP contribution in [0.2, 0.25) is 0 Å². The lowest BCUT2D eigenvalue weighted by atomic mass is 9.54. The molecule has 1 heteroatoms. The van der Waals surface area contributed by atoms with Gasteiger partial charge < -0.3 is 5.11 Å². The van der Waals surface area contributed by atoms with E-state index in [0.717, 1.165) is 12.8 Å². The van der Waals surface area contributed by atoms with E-state index in [9.17, 15) is 0 Å². The zero-order valence-electron chi connectivity index (χ0n) is 11.1. The van der Waals surface area contributed by atoms with E-state index in [1.165, 1.54) is 0 Å². The van der Waals surface area contributed by atoms with Crippen LogP contribution in [-0.2, 0) is 0 Å². The van der Waals surface area contributed by atoms with Crippen LogP contribution in [0.1, 0.15) is 61.3 Å². The molecule has 0 bridgehead atoms. The highest BCUT2D eigenvalue weighted by Crippen LogP contribution is 2.52. The van der Waals surface area contributed by atoms with E-state index < -0.39 is 0 Å². The van der Waals surface area contributed by atoms with Crippen molar-refractivity contribution in [3.8, 4) is 0 Å². The maximum atomic E-state index is 8.90. The molecule has 0 aromatic carbocycles. The highest BCUT2D eigenvalue weighted by Gasteiger charge is 2.44. The molecule has 86 valence electrons. The van der Waals surface area contributed by atoms with Crippen molar-refractivity contribution < 1.29 is 5.11 Å². The standard InChI is InChI=1S/C13H28O/c1-11(2,3)13(6,7)12(4,5)9-8-10-14/h14H,8-10H2,1-7H3. The summed E-state index contributed by atoms with van der Waals surface area (Å²) < 4.78 is 0. The molecule has 0 radical (unpaired) electrons. The SMILES string of the molecule is CC(C)(C)C(C)(C)C(C)(C)CCCO. The van der Waals surface area contributed by atoms with Crippen LogP contribution in [-0.4, -0.2) is 11.7 Å². The predicted molar refractivity (Wildman–Crippen MR) is 63.3 cm³/mol. The second-order valence-electron chi connectivity index (χ2n) is 6.59. The normalized spacial score (nSPS) is 14.6. The van der Waals surface area contributed by atoms with E-state index in [0.29, 0.717) is 12.0 Å². The maximum Gasteiger partial charge on any atom is 0.0431 e. The fourth-order valence-corrected chi connectivity index (χ4v) is 1.85. The summed E-state index contributed by atoms with van der Waals surface area (Å²) in [5.41, 5.74) is 0.842. The van der Waals surface area contributed by atoms with Crippen molar-refractivity contribution in [2.45, 2.75) is 61.3 Å². The van der Waals surface area contributed by atoms with Crippen LogP contribution in [0, 0.1) is 16.2 Å². The summed E-state index contributed by atoms with van der Waals surface area (Å²) in [5, 5.41) is 8.90. The highest BCUT2D eigenvalue weighted by molar-refractivity contribution is 4.93. The Morgan fingerprint density at radius 2 is 1.29 bits per heavy atom. The van der Waals surface area contributed by atoms with Crippen LogP contribution >= 0.6 is 0 Å². The molecular weight excluding hydrogens is 172 g/mol. The second-order valence-corrected chi connectivity index (χ2v) is 6.59. The second kappa shape index (κ2) is 4.22. The van der Waals surface area contributed by atoms with Crippen LogP contribution in [0.25, 0.3) is 0 Å². The largest absolute Gasteiger partial charge is 0.396 e. The fraction of sp³-hybridized carbons (Fsp3) is 1.00. The first-order valence-electron chi connectivity index (χ1n) is 5.67. The van der Waals surface area contributed by atoms with E-state index >= 15 is 0 Å². The summed E-state index contributed by atoms with van der Waals surface area (Å²) in [6, 6.07) is 0. The molecule has 0 aliphatic rings. The zero-order chi connectivity index (χ0) is 11.6. The first-order chi connectivity index (χ1) is 6.06. The van der Waals surface area contributed by atoms with Gasteiger partial charge in [0.25, 0.3) is 0 Å². The Balaban J connectivity index is 4.69. The molecule has 0 fully saturated rings. The Bertz CT molecular complexity index is 172. The molecule has 0 spiro atoms. The lowest BCUT2D eigenvalue weighted by molar-refractivity contribution is -0.0167. The highest BCUT2D eigenvalue weighted by atomic mass is 16.2. The minimum Gasteiger partial charge on any atom is -0.396 e. The third-order valence-electron chi connectivity index (χ3n) is 4.53. The third-order valence-corrected chi connectivity index (χ3v) is 4.53. The summed E-state index contributed by atoms with van der Waals surface area (Å²) >= 11 is 0. The molecule has 0 aliphatic carbocycles. The fourth-order valence-electron chi connectivity index (χ4n) is 1.85. The van der Waals surface area contributed by atoms with Crippen molar-refractivity contribution in [3.05, 3.63) is 0 Å². The summed E-state index contributed by atoms with van der Waals surface area (Å²) in [5.74, 6) is 0. The van der Waals surface area contributed by atoms with Gasteiger partial charge in [-0.05, 0) is 29.1 Å². The molecule has 0 rings (SSSR count). The minimum absolute atomic E-state index is 0.272. The smallest absolute Gasteiger partial charge is 0.0431 e. The van der Waals surface area contributed by atoms with Crippen molar-refractivity contribution in [2.24, 2.45) is 16.2 Å². The van der Waals surface area contributed by atoms with E-state index in [1.54, 1.807) is 0 Å². The van der Waals surface area contributed by atoms with Gasteiger partial charge in [-0.2, -0.15) is 0 Å². The lowest BCUT2D eigenvalue weighted by Crippen LogP contribution is -2.43. The molecule has 0 aliphatic heterocycles. The van der Waals surface area contributed by atoms with Crippen molar-refractivity contribution in [2.75, 3.05) is 6.61 Å². The van der Waals surface area contributed by atoms with Crippen LogP contribution in [0.5, 0.6) is 0 Å². The van der Waals surface area contributed by atoms with Crippen LogP contribution in [0.3, 0.4) is 0 Å². The van der Waals surface area contributed by atoms with Gasteiger partial charge in [0.15, 0.2) is 0 Å². The van der Waals surface area contributed by atoms with Gasteiger partial charge in [0.1, 0.15) is 0 Å². The Morgan fingerprint density at radius 1 is 0.857 bits per heavy atom. The number of rotatable bonds is 4. The quantitative estimate of drug-likeness (QED) is 0.730. The van der Waals surface area contributed by atoms with Crippen molar-refractivity contribution in [1.29, 1.82) is 0 Å². The van der Waals surface area contributed by atoms with Crippen LogP contribution in [0.4, 0.5) is 0 Å². The average molecular weight is 200 g/mol. The molecule has 14 heavy (non-hydrogen) atoms. The molecule has 0 saturated carbocycles. The minimum atomic E-state index is 0.272. The Labute approximate surface area is 89.9 Å². The van der Waals surface area contributed by atoms with E-state index in [4.69, 9.17) is 5.11 Å². The number of aliphatic hydroxyl groups is 1. The third kappa shape index (κ3) is 2.73. The van der Waals surface area contributed by atoms with Crippen LogP contribution < -0.4 is 0 Å². The summed E-state index contributed by atoms with van der Waals surface area (Å²) in [6.45, 7) is 16.5.